The van der Waals surface area contributed by atoms with Crippen LogP contribution in [0.4, 0.5) is 0 Å². The molecule has 0 unspecified atom stereocenters. The number of aromatic hydroxyl groups is 1. The number of hydrogen-bond donors (Lipinski definition) is 1. The van der Waals surface area contributed by atoms with E-state index in [2.05, 4.69) is 27.7 Å². The van der Waals surface area contributed by atoms with E-state index in [1.165, 1.54) is 12.8 Å². The highest BCUT2D eigenvalue weighted by atomic mass is 16.5. The third kappa shape index (κ3) is 9.69. The van der Waals surface area contributed by atoms with Gasteiger partial charge >= 0.3 is 11.9 Å². The lowest BCUT2D eigenvalue weighted by Gasteiger charge is -2.32. The van der Waals surface area contributed by atoms with Crippen molar-refractivity contribution in [2.75, 3.05) is 6.61 Å². The van der Waals surface area contributed by atoms with Crippen LogP contribution >= 0.6 is 0 Å². The molecule has 0 heterocycles. The van der Waals surface area contributed by atoms with Crippen LogP contribution in [0.2, 0.25) is 0 Å². The number of esters is 2. The summed E-state index contributed by atoms with van der Waals surface area (Å²) in [5.41, 5.74) is 1.14. The van der Waals surface area contributed by atoms with Crippen molar-refractivity contribution in [2.24, 2.45) is 0 Å². The van der Waals surface area contributed by atoms with Crippen LogP contribution in [0.15, 0.2) is 12.1 Å². The monoisotopic (exact) mass is 558 g/mol. The maximum Gasteiger partial charge on any atom is 0.306 e. The van der Waals surface area contributed by atoms with Crippen molar-refractivity contribution in [1.82, 2.24) is 0 Å². The van der Waals surface area contributed by atoms with Gasteiger partial charge in [-0.15, -0.1) is 0 Å². The SMILES string of the molecule is CCOc1cc(C(C)(C)CCCC(=O)OC2CCCCC2)c(O)cc1C(C)(C)CCCC(=O)OC1CCCCC1. The van der Waals surface area contributed by atoms with Gasteiger partial charge in [-0.05, 0) is 107 Å². The summed E-state index contributed by atoms with van der Waals surface area (Å²) in [5, 5.41) is 11.2. The number of benzene rings is 1. The molecule has 0 atom stereocenters. The van der Waals surface area contributed by atoms with Crippen molar-refractivity contribution in [3.8, 4) is 11.5 Å². The van der Waals surface area contributed by atoms with Crippen LogP contribution in [-0.4, -0.2) is 35.9 Å². The maximum absolute atomic E-state index is 12.4. The average Bonchev–Trinajstić information content (AvgIpc) is 2.90. The fourth-order valence-corrected chi connectivity index (χ4v) is 6.39. The van der Waals surface area contributed by atoms with Crippen LogP contribution in [0.25, 0.3) is 0 Å². The number of rotatable bonds is 14. The molecule has 0 saturated heterocycles. The van der Waals surface area contributed by atoms with Gasteiger partial charge in [0.25, 0.3) is 0 Å². The minimum absolute atomic E-state index is 0.0884. The summed E-state index contributed by atoms with van der Waals surface area (Å²) in [6.07, 6.45) is 14.9. The van der Waals surface area contributed by atoms with Crippen molar-refractivity contribution in [3.05, 3.63) is 23.3 Å². The van der Waals surface area contributed by atoms with E-state index in [1.54, 1.807) is 0 Å². The molecule has 2 fully saturated rings. The van der Waals surface area contributed by atoms with E-state index in [-0.39, 0.29) is 40.7 Å². The smallest absolute Gasteiger partial charge is 0.306 e. The van der Waals surface area contributed by atoms with Crippen LogP contribution in [0.1, 0.15) is 148 Å². The van der Waals surface area contributed by atoms with Gasteiger partial charge in [-0.25, -0.2) is 0 Å². The summed E-state index contributed by atoms with van der Waals surface area (Å²) < 4.78 is 17.5. The number of phenolic OH excluding ortho intramolecular Hbond substituents is 1. The maximum atomic E-state index is 12.4. The summed E-state index contributed by atoms with van der Waals surface area (Å²) >= 11 is 0. The molecular weight excluding hydrogens is 504 g/mol. The van der Waals surface area contributed by atoms with Crippen LogP contribution in [0.3, 0.4) is 0 Å². The highest BCUT2D eigenvalue weighted by molar-refractivity contribution is 5.70. The molecule has 40 heavy (non-hydrogen) atoms. The second-order valence-electron chi connectivity index (χ2n) is 13.3. The Kier molecular flexibility index (Phi) is 12.2. The van der Waals surface area contributed by atoms with Crippen molar-refractivity contribution in [3.63, 3.8) is 0 Å². The topological polar surface area (TPSA) is 82.1 Å². The van der Waals surface area contributed by atoms with Gasteiger partial charge in [-0.2, -0.15) is 0 Å². The van der Waals surface area contributed by atoms with E-state index in [9.17, 15) is 14.7 Å². The lowest BCUT2D eigenvalue weighted by molar-refractivity contribution is -0.151. The Morgan fingerprint density at radius 3 is 1.65 bits per heavy atom. The quantitative estimate of drug-likeness (QED) is 0.231. The molecule has 1 aromatic carbocycles. The zero-order valence-electron chi connectivity index (χ0n) is 25.8. The third-order valence-corrected chi connectivity index (χ3v) is 8.92. The first-order valence-corrected chi connectivity index (χ1v) is 15.9. The van der Waals surface area contributed by atoms with E-state index in [0.717, 1.165) is 87.5 Å². The van der Waals surface area contributed by atoms with Crippen molar-refractivity contribution in [1.29, 1.82) is 0 Å². The average molecular weight is 559 g/mol. The Bertz CT molecular complexity index is 953. The van der Waals surface area contributed by atoms with Crippen molar-refractivity contribution < 1.29 is 28.9 Å². The molecule has 2 aliphatic carbocycles. The van der Waals surface area contributed by atoms with Crippen molar-refractivity contribution in [2.45, 2.75) is 160 Å². The van der Waals surface area contributed by atoms with E-state index in [0.29, 0.717) is 25.9 Å². The Labute approximate surface area is 242 Å². The molecule has 2 saturated carbocycles. The second-order valence-corrected chi connectivity index (χ2v) is 13.3. The first kappa shape index (κ1) is 32.3. The van der Waals surface area contributed by atoms with Gasteiger partial charge in [0.15, 0.2) is 0 Å². The minimum atomic E-state index is -0.341. The van der Waals surface area contributed by atoms with Gasteiger partial charge in [0.1, 0.15) is 23.7 Å². The molecule has 6 nitrogen and oxygen atoms in total. The van der Waals surface area contributed by atoms with Gasteiger partial charge in [-0.3, -0.25) is 9.59 Å². The number of carbonyl (C=O) groups excluding carboxylic acids is 2. The first-order chi connectivity index (χ1) is 19.0. The number of phenols is 1. The number of carbonyl (C=O) groups is 2. The predicted molar refractivity (Wildman–Crippen MR) is 159 cm³/mol. The Hall–Kier alpha value is -2.24. The molecule has 0 spiro atoms. The lowest BCUT2D eigenvalue weighted by Crippen LogP contribution is -2.23. The molecule has 0 radical (unpaired) electrons. The normalized spacial score (nSPS) is 17.4. The molecule has 1 aromatic rings. The third-order valence-electron chi connectivity index (χ3n) is 8.92. The largest absolute Gasteiger partial charge is 0.508 e. The molecule has 0 amide bonds. The van der Waals surface area contributed by atoms with E-state index < -0.39 is 0 Å². The molecule has 3 rings (SSSR count). The summed E-state index contributed by atoms with van der Waals surface area (Å²) in [6.45, 7) is 11.0. The molecule has 0 bridgehead atoms. The summed E-state index contributed by atoms with van der Waals surface area (Å²) in [7, 11) is 0. The number of hydrogen-bond acceptors (Lipinski definition) is 6. The van der Waals surface area contributed by atoms with Gasteiger partial charge in [-0.1, -0.05) is 40.5 Å². The van der Waals surface area contributed by atoms with Crippen LogP contribution < -0.4 is 4.74 Å². The summed E-state index contributed by atoms with van der Waals surface area (Å²) in [5.74, 6) is 0.810. The molecule has 226 valence electrons. The van der Waals surface area contributed by atoms with Gasteiger partial charge < -0.3 is 19.3 Å². The van der Waals surface area contributed by atoms with E-state index >= 15 is 0 Å². The standard InChI is InChI=1S/C34H54O6/c1-6-38-30-24-27(33(2,3)21-13-19-31(36)39-25-15-9-7-10-16-25)29(35)23-28(30)34(4,5)22-14-20-32(37)40-26-17-11-8-12-18-26/h23-26,35H,6-22H2,1-5H3. The summed E-state index contributed by atoms with van der Waals surface area (Å²) in [4.78, 5) is 24.8. The predicted octanol–water partition coefficient (Wildman–Crippen LogP) is 8.44. The fourth-order valence-electron chi connectivity index (χ4n) is 6.39. The molecule has 6 heteroatoms. The van der Waals surface area contributed by atoms with E-state index in [1.807, 2.05) is 19.1 Å². The fraction of sp³-hybridized carbons (Fsp3) is 0.765. The first-order valence-electron chi connectivity index (χ1n) is 15.9. The summed E-state index contributed by atoms with van der Waals surface area (Å²) in [6, 6.07) is 3.83. The van der Waals surface area contributed by atoms with Gasteiger partial charge in [0.05, 0.1) is 6.61 Å². The zero-order valence-corrected chi connectivity index (χ0v) is 25.8. The Morgan fingerprint density at radius 1 is 0.750 bits per heavy atom. The highest BCUT2D eigenvalue weighted by Gasteiger charge is 2.31. The number of ether oxygens (including phenoxy) is 3. The van der Waals surface area contributed by atoms with Crippen molar-refractivity contribution >= 4 is 11.9 Å². The molecule has 2 aliphatic rings. The lowest BCUT2D eigenvalue weighted by atomic mass is 9.75. The zero-order chi connectivity index (χ0) is 29.2. The van der Waals surface area contributed by atoms with Crippen LogP contribution in [0.5, 0.6) is 11.5 Å². The van der Waals surface area contributed by atoms with E-state index in [4.69, 9.17) is 14.2 Å². The van der Waals surface area contributed by atoms with Gasteiger partial charge in [0, 0.05) is 24.0 Å². The van der Waals surface area contributed by atoms with Crippen LogP contribution in [-0.2, 0) is 29.9 Å². The molecule has 0 aliphatic heterocycles. The highest BCUT2D eigenvalue weighted by Crippen LogP contribution is 2.44. The van der Waals surface area contributed by atoms with Gasteiger partial charge in [0.2, 0.25) is 0 Å². The molecular formula is C34H54O6. The van der Waals surface area contributed by atoms with Crippen LogP contribution in [0, 0.1) is 0 Å². The molecule has 0 aromatic heterocycles. The molecule has 1 N–H and O–H groups in total. The Morgan fingerprint density at radius 2 is 1.20 bits per heavy atom. The minimum Gasteiger partial charge on any atom is -0.508 e. The Balaban J connectivity index is 1.59. The second kappa shape index (κ2) is 15.1.